The predicted octanol–water partition coefficient (Wildman–Crippen LogP) is 0.928. The highest BCUT2D eigenvalue weighted by molar-refractivity contribution is 7.10. The molecule has 1 aromatic rings. The highest BCUT2D eigenvalue weighted by Gasteiger charge is 2.21. The number of nitrogens with one attached hydrogen (secondary N) is 1. The minimum absolute atomic E-state index is 0.315. The lowest BCUT2D eigenvalue weighted by molar-refractivity contribution is -0.132. The number of piperazine rings is 1. The number of hydrogen-bond acceptors (Lipinski definition) is 4. The van der Waals surface area contributed by atoms with Crippen molar-refractivity contribution in [3.05, 3.63) is 21.9 Å². The fraction of sp³-hybridized carbons (Fsp3) is 0.643. The van der Waals surface area contributed by atoms with Crippen LogP contribution in [-0.2, 0) is 17.8 Å². The van der Waals surface area contributed by atoms with Gasteiger partial charge >= 0.3 is 0 Å². The van der Waals surface area contributed by atoms with Gasteiger partial charge in [0.15, 0.2) is 0 Å². The van der Waals surface area contributed by atoms with E-state index in [1.54, 1.807) is 0 Å². The third-order valence-corrected chi connectivity index (χ3v) is 5.03. The van der Waals surface area contributed by atoms with Crippen LogP contribution in [0.15, 0.2) is 11.4 Å². The topological polar surface area (TPSA) is 35.6 Å². The first-order valence-corrected chi connectivity index (χ1v) is 7.97. The molecule has 104 valence electrons. The fourth-order valence-electron chi connectivity index (χ4n) is 2.81. The molecule has 0 aliphatic carbocycles. The van der Waals surface area contributed by atoms with Gasteiger partial charge in [-0.05, 0) is 23.4 Å². The molecule has 0 spiro atoms. The summed E-state index contributed by atoms with van der Waals surface area (Å²) < 4.78 is 0. The molecule has 0 atom stereocenters. The Morgan fingerprint density at radius 3 is 3.00 bits per heavy atom. The van der Waals surface area contributed by atoms with Gasteiger partial charge in [-0.15, -0.1) is 11.3 Å². The molecule has 0 aromatic carbocycles. The standard InChI is InChI=1S/C14H21N3OS/c18-14(2-6-16-8-4-15-5-9-16)17-7-1-13-12(11-17)3-10-19-13/h3,10,15H,1-2,4-9,11H2. The Morgan fingerprint density at radius 2 is 2.16 bits per heavy atom. The van der Waals surface area contributed by atoms with Gasteiger partial charge in [-0.2, -0.15) is 0 Å². The van der Waals surface area contributed by atoms with E-state index in [1.807, 2.05) is 16.2 Å². The SMILES string of the molecule is O=C(CCN1CCNCC1)N1CCc2sccc2C1. The number of amides is 1. The van der Waals surface area contributed by atoms with Gasteiger partial charge in [0, 0.05) is 57.1 Å². The Labute approximate surface area is 118 Å². The Balaban J connectivity index is 1.48. The molecule has 2 aliphatic heterocycles. The van der Waals surface area contributed by atoms with Gasteiger partial charge in [-0.1, -0.05) is 0 Å². The Morgan fingerprint density at radius 1 is 1.32 bits per heavy atom. The summed E-state index contributed by atoms with van der Waals surface area (Å²) in [6.45, 7) is 6.87. The number of carbonyl (C=O) groups is 1. The van der Waals surface area contributed by atoms with Crippen LogP contribution in [0.4, 0.5) is 0 Å². The number of carbonyl (C=O) groups excluding carboxylic acids is 1. The van der Waals surface area contributed by atoms with E-state index in [9.17, 15) is 4.79 Å². The van der Waals surface area contributed by atoms with E-state index in [1.165, 1.54) is 10.4 Å². The molecule has 1 amide bonds. The van der Waals surface area contributed by atoms with Crippen molar-refractivity contribution in [3.8, 4) is 0 Å². The van der Waals surface area contributed by atoms with Crippen LogP contribution in [0.1, 0.15) is 16.9 Å². The van der Waals surface area contributed by atoms with E-state index in [0.717, 1.165) is 52.2 Å². The van der Waals surface area contributed by atoms with Crippen LogP contribution in [0, 0.1) is 0 Å². The van der Waals surface area contributed by atoms with Crippen LogP contribution in [0.3, 0.4) is 0 Å². The molecule has 4 nitrogen and oxygen atoms in total. The van der Waals surface area contributed by atoms with E-state index in [2.05, 4.69) is 21.7 Å². The molecule has 1 saturated heterocycles. The van der Waals surface area contributed by atoms with Crippen molar-refractivity contribution >= 4 is 17.2 Å². The van der Waals surface area contributed by atoms with Crippen molar-refractivity contribution in [2.24, 2.45) is 0 Å². The van der Waals surface area contributed by atoms with Crippen LogP contribution >= 0.6 is 11.3 Å². The molecule has 0 bridgehead atoms. The van der Waals surface area contributed by atoms with E-state index in [-0.39, 0.29) is 0 Å². The van der Waals surface area contributed by atoms with E-state index < -0.39 is 0 Å². The summed E-state index contributed by atoms with van der Waals surface area (Å²) in [4.78, 5) is 18.1. The zero-order valence-corrected chi connectivity index (χ0v) is 12.0. The molecule has 2 aliphatic rings. The third kappa shape index (κ3) is 3.16. The molecule has 0 unspecified atom stereocenters. The average Bonchev–Trinajstić information content (AvgIpc) is 2.93. The van der Waals surface area contributed by atoms with Gasteiger partial charge in [-0.3, -0.25) is 4.79 Å². The highest BCUT2D eigenvalue weighted by Crippen LogP contribution is 2.24. The first kappa shape index (κ1) is 13.1. The number of fused-ring (bicyclic) bond motifs is 1. The number of hydrogen-bond donors (Lipinski definition) is 1. The molecule has 1 aromatic heterocycles. The summed E-state index contributed by atoms with van der Waals surface area (Å²) in [5.41, 5.74) is 1.35. The summed E-state index contributed by atoms with van der Waals surface area (Å²) in [7, 11) is 0. The second kappa shape index (κ2) is 6.03. The normalized spacial score (nSPS) is 20.3. The molecular weight excluding hydrogens is 258 g/mol. The smallest absolute Gasteiger partial charge is 0.224 e. The maximum atomic E-state index is 12.3. The van der Waals surface area contributed by atoms with Crippen LogP contribution < -0.4 is 5.32 Å². The van der Waals surface area contributed by atoms with Gasteiger partial charge in [0.05, 0.1) is 0 Å². The van der Waals surface area contributed by atoms with Gasteiger partial charge in [-0.25, -0.2) is 0 Å². The van der Waals surface area contributed by atoms with E-state index in [4.69, 9.17) is 0 Å². The predicted molar refractivity (Wildman–Crippen MR) is 77.4 cm³/mol. The fourth-order valence-corrected chi connectivity index (χ4v) is 3.70. The lowest BCUT2D eigenvalue weighted by Gasteiger charge is -2.30. The Kier molecular flexibility index (Phi) is 4.15. The van der Waals surface area contributed by atoms with Crippen LogP contribution in [0.25, 0.3) is 0 Å². The Hall–Kier alpha value is -0.910. The van der Waals surface area contributed by atoms with Crippen molar-refractivity contribution in [2.45, 2.75) is 19.4 Å². The first-order valence-electron chi connectivity index (χ1n) is 7.09. The Bertz CT molecular complexity index is 440. The third-order valence-electron chi connectivity index (χ3n) is 4.01. The summed E-state index contributed by atoms with van der Waals surface area (Å²) in [5.74, 6) is 0.315. The quantitative estimate of drug-likeness (QED) is 0.894. The summed E-state index contributed by atoms with van der Waals surface area (Å²) in [6, 6.07) is 2.16. The van der Waals surface area contributed by atoms with E-state index in [0.29, 0.717) is 12.3 Å². The second-order valence-electron chi connectivity index (χ2n) is 5.28. The van der Waals surface area contributed by atoms with Crippen molar-refractivity contribution in [3.63, 3.8) is 0 Å². The molecule has 0 saturated carbocycles. The summed E-state index contributed by atoms with van der Waals surface area (Å²) in [6.07, 6.45) is 1.70. The van der Waals surface area contributed by atoms with Crippen LogP contribution in [-0.4, -0.2) is 55.0 Å². The average molecular weight is 279 g/mol. The van der Waals surface area contributed by atoms with Crippen molar-refractivity contribution in [1.29, 1.82) is 0 Å². The lowest BCUT2D eigenvalue weighted by atomic mass is 10.1. The lowest BCUT2D eigenvalue weighted by Crippen LogP contribution is -2.45. The van der Waals surface area contributed by atoms with Gasteiger partial charge in [0.25, 0.3) is 0 Å². The molecule has 19 heavy (non-hydrogen) atoms. The number of rotatable bonds is 3. The largest absolute Gasteiger partial charge is 0.338 e. The summed E-state index contributed by atoms with van der Waals surface area (Å²) in [5, 5.41) is 5.48. The molecular formula is C14H21N3OS. The number of nitrogens with zero attached hydrogens (tertiary/aromatic N) is 2. The molecule has 3 rings (SSSR count). The van der Waals surface area contributed by atoms with Crippen LogP contribution in [0.2, 0.25) is 0 Å². The number of thiophene rings is 1. The maximum absolute atomic E-state index is 12.3. The van der Waals surface area contributed by atoms with Gasteiger partial charge in [0.1, 0.15) is 0 Å². The second-order valence-corrected chi connectivity index (χ2v) is 6.28. The van der Waals surface area contributed by atoms with Crippen molar-refractivity contribution in [1.82, 2.24) is 15.1 Å². The molecule has 1 N–H and O–H groups in total. The van der Waals surface area contributed by atoms with Crippen molar-refractivity contribution in [2.75, 3.05) is 39.3 Å². The summed E-state index contributed by atoms with van der Waals surface area (Å²) >= 11 is 1.82. The van der Waals surface area contributed by atoms with Crippen LogP contribution in [0.5, 0.6) is 0 Å². The zero-order valence-electron chi connectivity index (χ0n) is 11.2. The van der Waals surface area contributed by atoms with Crippen molar-refractivity contribution < 1.29 is 4.79 Å². The highest BCUT2D eigenvalue weighted by atomic mass is 32.1. The van der Waals surface area contributed by atoms with Gasteiger partial charge in [0.2, 0.25) is 5.91 Å². The minimum atomic E-state index is 0.315. The molecule has 1 fully saturated rings. The minimum Gasteiger partial charge on any atom is -0.338 e. The van der Waals surface area contributed by atoms with Gasteiger partial charge < -0.3 is 15.1 Å². The zero-order chi connectivity index (χ0) is 13.1. The molecule has 5 heteroatoms. The maximum Gasteiger partial charge on any atom is 0.224 e. The molecule has 0 radical (unpaired) electrons. The van der Waals surface area contributed by atoms with E-state index >= 15 is 0 Å². The monoisotopic (exact) mass is 279 g/mol. The first-order chi connectivity index (χ1) is 9.33. The molecule has 3 heterocycles.